The number of ketones is 1. The molecule has 5 nitrogen and oxygen atoms in total. The number of nitrogens with zero attached hydrogens (tertiary/aromatic N) is 2. The summed E-state index contributed by atoms with van der Waals surface area (Å²) < 4.78 is 0. The number of rotatable bonds is 3. The second-order valence-corrected chi connectivity index (χ2v) is 15.5. The summed E-state index contributed by atoms with van der Waals surface area (Å²) in [6.45, 7) is 11.7. The number of carbonyl (C=O) groups excluding carboxylic acids is 2. The zero-order chi connectivity index (χ0) is 26.9. The quantitative estimate of drug-likeness (QED) is 0.503. The molecule has 9 atom stereocenters. The lowest BCUT2D eigenvalue weighted by molar-refractivity contribution is -0.161. The Morgan fingerprint density at radius 2 is 1.66 bits per heavy atom. The number of piperazine rings is 1. The second kappa shape index (κ2) is 9.86. The van der Waals surface area contributed by atoms with Crippen LogP contribution in [0.1, 0.15) is 118 Å². The van der Waals surface area contributed by atoms with Crippen molar-refractivity contribution in [3.05, 3.63) is 0 Å². The highest BCUT2D eigenvalue weighted by Gasteiger charge is 2.61. The maximum atomic E-state index is 13.3. The molecule has 2 unspecified atom stereocenters. The fraction of sp³-hybridized carbons (Fsp3) is 0.939. The first-order valence-electron chi connectivity index (χ1n) is 16.3. The van der Waals surface area contributed by atoms with Crippen molar-refractivity contribution in [1.82, 2.24) is 9.80 Å². The zero-order valence-electron chi connectivity index (χ0n) is 24.7. The second-order valence-electron chi connectivity index (χ2n) is 15.5. The smallest absolute Gasteiger partial charge is 0.226 e. The monoisotopic (exact) mass is 526 g/mol. The average Bonchev–Trinajstić information content (AvgIpc) is 3.21. The molecule has 5 saturated carbocycles. The highest BCUT2D eigenvalue weighted by molar-refractivity contribution is 5.87. The summed E-state index contributed by atoms with van der Waals surface area (Å²) in [5.41, 5.74) is -0.355. The molecule has 6 rings (SSSR count). The fourth-order valence-corrected chi connectivity index (χ4v) is 10.9. The summed E-state index contributed by atoms with van der Waals surface area (Å²) >= 11 is 0. The number of amides is 1. The van der Waals surface area contributed by atoms with Crippen molar-refractivity contribution < 1.29 is 14.7 Å². The van der Waals surface area contributed by atoms with Gasteiger partial charge in [-0.05, 0) is 107 Å². The lowest BCUT2D eigenvalue weighted by atomic mass is 9.44. The van der Waals surface area contributed by atoms with E-state index in [1.165, 1.54) is 38.5 Å². The summed E-state index contributed by atoms with van der Waals surface area (Å²) in [4.78, 5) is 30.8. The van der Waals surface area contributed by atoms with E-state index in [-0.39, 0.29) is 17.4 Å². The van der Waals surface area contributed by atoms with Crippen LogP contribution in [0, 0.1) is 40.4 Å². The SMILES string of the molecule is CC1CN(C(=O)C2CCCCC2)C(C)CN1C[C@@]1(O)CC[C@@]2(C)[C@@H](CC[C@@H]3[C@@H]2CC[C@]2(C)C(=O)CC[C@@H]32)C1. The fourth-order valence-electron chi connectivity index (χ4n) is 10.9. The minimum atomic E-state index is -0.618. The van der Waals surface area contributed by atoms with Crippen molar-refractivity contribution in [2.24, 2.45) is 40.4 Å². The van der Waals surface area contributed by atoms with Crippen LogP contribution in [0.2, 0.25) is 0 Å². The number of hydrogen-bond donors (Lipinski definition) is 1. The summed E-state index contributed by atoms with van der Waals surface area (Å²) in [5, 5.41) is 12.0. The van der Waals surface area contributed by atoms with Gasteiger partial charge in [0.2, 0.25) is 5.91 Å². The third kappa shape index (κ3) is 4.41. The predicted molar refractivity (Wildman–Crippen MR) is 150 cm³/mol. The van der Waals surface area contributed by atoms with Gasteiger partial charge in [-0.2, -0.15) is 0 Å². The van der Waals surface area contributed by atoms with Crippen molar-refractivity contribution in [2.75, 3.05) is 19.6 Å². The Kier molecular flexibility index (Phi) is 7.07. The number of aliphatic hydroxyl groups is 1. The van der Waals surface area contributed by atoms with Crippen molar-refractivity contribution in [2.45, 2.75) is 135 Å². The minimum absolute atomic E-state index is 0.0485. The van der Waals surface area contributed by atoms with Gasteiger partial charge in [-0.1, -0.05) is 33.1 Å². The molecule has 6 aliphatic rings. The summed E-state index contributed by atoms with van der Waals surface area (Å²) in [5.74, 6) is 3.79. The third-order valence-corrected chi connectivity index (χ3v) is 13.4. The van der Waals surface area contributed by atoms with Crippen molar-refractivity contribution in [3.63, 3.8) is 0 Å². The van der Waals surface area contributed by atoms with E-state index in [4.69, 9.17) is 0 Å². The molecule has 1 aliphatic heterocycles. The largest absolute Gasteiger partial charge is 0.389 e. The first kappa shape index (κ1) is 27.2. The number of fused-ring (bicyclic) bond motifs is 5. The lowest BCUT2D eigenvalue weighted by Gasteiger charge is -2.61. The molecule has 1 N–H and O–H groups in total. The Morgan fingerprint density at radius 1 is 0.895 bits per heavy atom. The third-order valence-electron chi connectivity index (χ3n) is 13.4. The van der Waals surface area contributed by atoms with Gasteiger partial charge in [0, 0.05) is 49.5 Å². The molecular formula is C33H54N2O3. The molecule has 0 spiro atoms. The average molecular weight is 527 g/mol. The van der Waals surface area contributed by atoms with E-state index in [0.717, 1.165) is 76.9 Å². The molecule has 0 aromatic heterocycles. The molecule has 0 aromatic carbocycles. The molecule has 38 heavy (non-hydrogen) atoms. The molecule has 6 fully saturated rings. The van der Waals surface area contributed by atoms with Gasteiger partial charge >= 0.3 is 0 Å². The van der Waals surface area contributed by atoms with Crippen molar-refractivity contribution in [1.29, 1.82) is 0 Å². The number of β-amino-alcohol motifs (C(OH)–C–C–N with tert-alkyl or cyclic N) is 1. The Labute approximate surface area is 231 Å². The van der Waals surface area contributed by atoms with Crippen LogP contribution in [-0.4, -0.2) is 63.9 Å². The first-order chi connectivity index (χ1) is 18.0. The van der Waals surface area contributed by atoms with E-state index >= 15 is 0 Å². The van der Waals surface area contributed by atoms with Gasteiger partial charge in [-0.15, -0.1) is 0 Å². The van der Waals surface area contributed by atoms with Crippen LogP contribution in [0.4, 0.5) is 0 Å². The Balaban J connectivity index is 1.09. The standard InChI is InChI=1S/C33H54N2O3/c1-22-20-35(30(37)24-8-6-5-7-9-24)23(2)19-34(22)21-33(38)17-16-31(3)25(18-33)10-11-26-27-12-13-29(36)32(27,4)15-14-28(26)31/h22-28,38H,5-21H2,1-4H3/t22?,23?,25-,26-,27-,28-,31-,32-,33+/m0/s1. The first-order valence-corrected chi connectivity index (χ1v) is 16.3. The molecule has 1 saturated heterocycles. The number of carbonyl (C=O) groups is 2. The van der Waals surface area contributed by atoms with Gasteiger partial charge in [0.15, 0.2) is 0 Å². The van der Waals surface area contributed by atoms with Crippen molar-refractivity contribution in [3.8, 4) is 0 Å². The van der Waals surface area contributed by atoms with Crippen LogP contribution >= 0.6 is 0 Å². The minimum Gasteiger partial charge on any atom is -0.389 e. The molecule has 1 amide bonds. The maximum Gasteiger partial charge on any atom is 0.226 e. The molecule has 5 heteroatoms. The van der Waals surface area contributed by atoms with Crippen LogP contribution in [-0.2, 0) is 9.59 Å². The van der Waals surface area contributed by atoms with Gasteiger partial charge < -0.3 is 10.0 Å². The van der Waals surface area contributed by atoms with Gasteiger partial charge in [-0.25, -0.2) is 0 Å². The highest BCUT2D eigenvalue weighted by atomic mass is 16.3. The molecule has 5 aliphatic carbocycles. The van der Waals surface area contributed by atoms with E-state index in [0.29, 0.717) is 40.9 Å². The van der Waals surface area contributed by atoms with Gasteiger partial charge in [0.25, 0.3) is 0 Å². The normalized spacial score (nSPS) is 48.3. The lowest BCUT2D eigenvalue weighted by Crippen LogP contribution is -2.63. The predicted octanol–water partition coefficient (Wildman–Crippen LogP) is 5.83. The van der Waals surface area contributed by atoms with Crippen LogP contribution in [0.3, 0.4) is 0 Å². The van der Waals surface area contributed by atoms with Crippen molar-refractivity contribution >= 4 is 11.7 Å². The Bertz CT molecular complexity index is 931. The van der Waals surface area contributed by atoms with Gasteiger partial charge in [-0.3, -0.25) is 14.5 Å². The molecule has 0 bridgehead atoms. The molecule has 0 radical (unpaired) electrons. The number of Topliss-reactive ketones (excluding diaryl/α,β-unsaturated/α-hetero) is 1. The molecule has 214 valence electrons. The van der Waals surface area contributed by atoms with E-state index in [9.17, 15) is 14.7 Å². The molecule has 0 aromatic rings. The summed E-state index contributed by atoms with van der Waals surface area (Å²) in [6, 6.07) is 0.516. The summed E-state index contributed by atoms with van der Waals surface area (Å²) in [7, 11) is 0. The molecule has 1 heterocycles. The van der Waals surface area contributed by atoms with Crippen LogP contribution in [0.25, 0.3) is 0 Å². The summed E-state index contributed by atoms with van der Waals surface area (Å²) in [6.07, 6.45) is 15.5. The van der Waals surface area contributed by atoms with E-state index in [1.54, 1.807) is 0 Å². The Hall–Kier alpha value is -0.940. The van der Waals surface area contributed by atoms with Crippen LogP contribution in [0.15, 0.2) is 0 Å². The topological polar surface area (TPSA) is 60.9 Å². The van der Waals surface area contributed by atoms with Crippen LogP contribution < -0.4 is 0 Å². The van der Waals surface area contributed by atoms with E-state index in [2.05, 4.69) is 37.5 Å². The maximum absolute atomic E-state index is 13.3. The van der Waals surface area contributed by atoms with Gasteiger partial charge in [0.05, 0.1) is 5.60 Å². The molecular weight excluding hydrogens is 472 g/mol. The van der Waals surface area contributed by atoms with E-state index < -0.39 is 5.60 Å². The zero-order valence-corrected chi connectivity index (χ0v) is 24.7. The van der Waals surface area contributed by atoms with E-state index in [1.807, 2.05) is 0 Å². The Morgan fingerprint density at radius 3 is 2.42 bits per heavy atom. The number of hydrogen-bond acceptors (Lipinski definition) is 4. The van der Waals surface area contributed by atoms with Crippen LogP contribution in [0.5, 0.6) is 0 Å². The van der Waals surface area contributed by atoms with Gasteiger partial charge in [0.1, 0.15) is 5.78 Å². The highest BCUT2D eigenvalue weighted by Crippen LogP contribution is 2.66.